The van der Waals surface area contributed by atoms with Crippen molar-refractivity contribution in [3.05, 3.63) is 155 Å². The van der Waals surface area contributed by atoms with Crippen LogP contribution in [0, 0.1) is 11.8 Å². The Hall–Kier alpha value is -3.66. The van der Waals surface area contributed by atoms with E-state index in [1.165, 1.54) is 0 Å². The lowest BCUT2D eigenvalue weighted by molar-refractivity contribution is -0.0377. The van der Waals surface area contributed by atoms with Crippen LogP contribution < -0.4 is 0 Å². The maximum atomic E-state index is 12.8. The topological polar surface area (TPSA) is 35.5 Å². The quantitative estimate of drug-likeness (QED) is 0.103. The third-order valence-electron chi connectivity index (χ3n) is 7.38. The van der Waals surface area contributed by atoms with Gasteiger partial charge in [0.05, 0.1) is 12.2 Å². The van der Waals surface area contributed by atoms with Crippen LogP contribution in [0.1, 0.15) is 47.3 Å². The number of halogens is 1. The molecule has 0 N–H and O–H groups in total. The molecule has 39 heavy (non-hydrogen) atoms. The lowest BCUT2D eigenvalue weighted by Crippen LogP contribution is -2.37. The SMILES string of the molecule is C=CC[C@@H](COC(c1ccccc1)(c1ccccc1)c1ccccc1)[C@@H](C)[C@@H](C)OC(=O)c1ccc(Cl)cc1. The van der Waals surface area contributed by atoms with E-state index in [-0.39, 0.29) is 23.9 Å². The normalized spacial score (nSPS) is 13.7. The van der Waals surface area contributed by atoms with Gasteiger partial charge in [-0.25, -0.2) is 4.79 Å². The van der Waals surface area contributed by atoms with Crippen molar-refractivity contribution >= 4 is 17.6 Å². The number of rotatable bonds is 12. The fraction of sp³-hybridized carbons (Fsp3) is 0.229. The predicted octanol–water partition coefficient (Wildman–Crippen LogP) is 8.72. The smallest absolute Gasteiger partial charge is 0.338 e. The first-order valence-electron chi connectivity index (χ1n) is 13.3. The molecule has 0 aliphatic carbocycles. The van der Waals surface area contributed by atoms with Crippen molar-refractivity contribution < 1.29 is 14.3 Å². The van der Waals surface area contributed by atoms with Crippen LogP contribution in [0.5, 0.6) is 0 Å². The molecule has 4 heteroatoms. The molecular weight excluding hydrogens is 504 g/mol. The molecule has 0 unspecified atom stereocenters. The lowest BCUT2D eigenvalue weighted by Gasteiger charge is -2.38. The van der Waals surface area contributed by atoms with Crippen LogP contribution in [0.4, 0.5) is 0 Å². The first-order chi connectivity index (χ1) is 19.0. The number of hydrogen-bond donors (Lipinski definition) is 0. The molecule has 0 fully saturated rings. The fourth-order valence-electron chi connectivity index (χ4n) is 4.96. The van der Waals surface area contributed by atoms with E-state index in [1.54, 1.807) is 24.3 Å². The number of ether oxygens (including phenoxy) is 2. The molecule has 0 radical (unpaired) electrons. The summed E-state index contributed by atoms with van der Waals surface area (Å²) >= 11 is 5.98. The molecule has 0 amide bonds. The summed E-state index contributed by atoms with van der Waals surface area (Å²) in [6.45, 7) is 8.48. The van der Waals surface area contributed by atoms with Gasteiger partial charge in [-0.1, -0.05) is 116 Å². The highest BCUT2D eigenvalue weighted by molar-refractivity contribution is 6.30. The van der Waals surface area contributed by atoms with Crippen molar-refractivity contribution in [2.45, 2.75) is 32.0 Å². The third-order valence-corrected chi connectivity index (χ3v) is 7.63. The molecule has 4 aromatic rings. The van der Waals surface area contributed by atoms with Crippen LogP contribution in [0.2, 0.25) is 5.02 Å². The molecule has 0 aliphatic heterocycles. The van der Waals surface area contributed by atoms with Crippen LogP contribution in [0.3, 0.4) is 0 Å². The van der Waals surface area contributed by atoms with E-state index in [0.29, 0.717) is 17.2 Å². The summed E-state index contributed by atoms with van der Waals surface area (Å²) in [6.07, 6.45) is 2.30. The summed E-state index contributed by atoms with van der Waals surface area (Å²) in [7, 11) is 0. The van der Waals surface area contributed by atoms with E-state index in [4.69, 9.17) is 21.1 Å². The van der Waals surface area contributed by atoms with Crippen molar-refractivity contribution in [2.24, 2.45) is 11.8 Å². The van der Waals surface area contributed by atoms with Crippen molar-refractivity contribution in [3.8, 4) is 0 Å². The van der Waals surface area contributed by atoms with E-state index in [9.17, 15) is 4.79 Å². The Morgan fingerprint density at radius 1 is 0.795 bits per heavy atom. The van der Waals surface area contributed by atoms with Gasteiger partial charge in [0.25, 0.3) is 0 Å². The molecule has 3 atom stereocenters. The summed E-state index contributed by atoms with van der Waals surface area (Å²) in [5.41, 5.74) is 2.82. The molecule has 3 nitrogen and oxygen atoms in total. The Labute approximate surface area is 237 Å². The highest BCUT2D eigenvalue weighted by atomic mass is 35.5. The number of esters is 1. The Kier molecular flexibility index (Phi) is 9.75. The first-order valence-corrected chi connectivity index (χ1v) is 13.7. The van der Waals surface area contributed by atoms with E-state index < -0.39 is 5.60 Å². The van der Waals surface area contributed by atoms with Gasteiger partial charge in [-0.2, -0.15) is 0 Å². The van der Waals surface area contributed by atoms with Gasteiger partial charge in [0, 0.05) is 5.02 Å². The van der Waals surface area contributed by atoms with Crippen LogP contribution in [-0.2, 0) is 15.1 Å². The van der Waals surface area contributed by atoms with Crippen molar-refractivity contribution in [2.75, 3.05) is 6.61 Å². The van der Waals surface area contributed by atoms with Gasteiger partial charge in [0.15, 0.2) is 0 Å². The van der Waals surface area contributed by atoms with Gasteiger partial charge in [0.2, 0.25) is 0 Å². The summed E-state index contributed by atoms with van der Waals surface area (Å²) in [6, 6.07) is 37.7. The van der Waals surface area contributed by atoms with Gasteiger partial charge in [-0.05, 0) is 66.1 Å². The zero-order valence-corrected chi connectivity index (χ0v) is 23.3. The Morgan fingerprint density at radius 3 is 1.69 bits per heavy atom. The molecular formula is C35H35ClO3. The summed E-state index contributed by atoms with van der Waals surface area (Å²) in [5, 5.41) is 0.579. The predicted molar refractivity (Wildman–Crippen MR) is 159 cm³/mol. The van der Waals surface area contributed by atoms with Gasteiger partial charge in [0.1, 0.15) is 11.7 Å². The summed E-state index contributed by atoms with van der Waals surface area (Å²) in [5.74, 6) is -0.290. The van der Waals surface area contributed by atoms with Crippen molar-refractivity contribution in [3.63, 3.8) is 0 Å². The van der Waals surface area contributed by atoms with Crippen LogP contribution in [0.15, 0.2) is 128 Å². The second-order valence-electron chi connectivity index (χ2n) is 9.85. The molecule has 0 aliphatic rings. The largest absolute Gasteiger partial charge is 0.459 e. The number of carbonyl (C=O) groups excluding carboxylic acids is 1. The summed E-state index contributed by atoms with van der Waals surface area (Å²) in [4.78, 5) is 12.8. The van der Waals surface area contributed by atoms with Gasteiger partial charge in [-0.15, -0.1) is 6.58 Å². The average molecular weight is 539 g/mol. The molecule has 0 spiro atoms. The monoisotopic (exact) mass is 538 g/mol. The maximum Gasteiger partial charge on any atom is 0.338 e. The fourth-order valence-corrected chi connectivity index (χ4v) is 5.09. The minimum atomic E-state index is -0.813. The van der Waals surface area contributed by atoms with Crippen LogP contribution in [-0.4, -0.2) is 18.7 Å². The third kappa shape index (κ3) is 6.68. The minimum Gasteiger partial charge on any atom is -0.459 e. The van der Waals surface area contributed by atoms with Gasteiger partial charge >= 0.3 is 5.97 Å². The zero-order valence-electron chi connectivity index (χ0n) is 22.5. The summed E-state index contributed by atoms with van der Waals surface area (Å²) < 4.78 is 13.0. The molecule has 0 saturated heterocycles. The molecule has 0 bridgehead atoms. The molecule has 0 heterocycles. The van der Waals surface area contributed by atoms with Gasteiger partial charge in [-0.3, -0.25) is 0 Å². The number of hydrogen-bond acceptors (Lipinski definition) is 3. The van der Waals surface area contributed by atoms with Crippen molar-refractivity contribution in [1.82, 2.24) is 0 Å². The standard InChI is InChI=1S/C35H35ClO3/c1-4-14-29(26(2)27(3)39-34(37)28-21-23-33(36)24-22-28)25-38-35(30-15-8-5-9-16-30,31-17-10-6-11-18-31)32-19-12-7-13-20-32/h4-13,15-24,26-27,29H,1,14,25H2,2-3H3/t26-,27+,29-/m0/s1. The maximum absolute atomic E-state index is 12.8. The number of allylic oxidation sites excluding steroid dienone is 1. The Balaban J connectivity index is 1.64. The molecule has 0 saturated carbocycles. The second kappa shape index (κ2) is 13.4. The first kappa shape index (κ1) is 28.4. The Bertz CT molecular complexity index is 1220. The van der Waals surface area contributed by atoms with Crippen LogP contribution >= 0.6 is 11.6 Å². The molecule has 4 aromatic carbocycles. The van der Waals surface area contributed by atoms with E-state index in [0.717, 1.165) is 23.1 Å². The minimum absolute atomic E-state index is 0.0132. The molecule has 200 valence electrons. The highest BCUT2D eigenvalue weighted by Crippen LogP contribution is 2.41. The average Bonchev–Trinajstić information content (AvgIpc) is 2.98. The van der Waals surface area contributed by atoms with Crippen molar-refractivity contribution in [1.29, 1.82) is 0 Å². The molecule has 0 aromatic heterocycles. The molecule has 4 rings (SSSR count). The van der Waals surface area contributed by atoms with E-state index in [1.807, 2.05) is 67.6 Å². The van der Waals surface area contributed by atoms with E-state index in [2.05, 4.69) is 49.9 Å². The highest BCUT2D eigenvalue weighted by Gasteiger charge is 2.39. The number of benzene rings is 4. The van der Waals surface area contributed by atoms with Crippen LogP contribution in [0.25, 0.3) is 0 Å². The second-order valence-corrected chi connectivity index (χ2v) is 10.3. The number of carbonyl (C=O) groups is 1. The lowest BCUT2D eigenvalue weighted by atomic mass is 9.79. The van der Waals surface area contributed by atoms with Gasteiger partial charge < -0.3 is 9.47 Å². The Morgan fingerprint density at radius 2 is 1.26 bits per heavy atom. The zero-order chi connectivity index (χ0) is 27.7. The van der Waals surface area contributed by atoms with E-state index >= 15 is 0 Å².